The number of carbonyl (C=O) groups excluding carboxylic acids is 2. The molecule has 0 aliphatic carbocycles. The summed E-state index contributed by atoms with van der Waals surface area (Å²) < 4.78 is 0. The molecule has 0 saturated carbocycles. The molecule has 0 aromatic rings. The van der Waals surface area contributed by atoms with Gasteiger partial charge in [-0.25, -0.2) is 0 Å². The number of nitrogens with two attached hydrogens (primary N) is 1. The van der Waals surface area contributed by atoms with Crippen LogP contribution in [0.2, 0.25) is 0 Å². The summed E-state index contributed by atoms with van der Waals surface area (Å²) >= 11 is 0. The van der Waals surface area contributed by atoms with Gasteiger partial charge in [-0.3, -0.25) is 14.5 Å². The van der Waals surface area contributed by atoms with Crippen molar-refractivity contribution in [2.45, 2.75) is 32.7 Å². The average molecular weight is 215 g/mol. The van der Waals surface area contributed by atoms with Crippen molar-refractivity contribution in [2.75, 3.05) is 20.1 Å². The average Bonchev–Trinajstić information content (AvgIpc) is 2.15. The topological polar surface area (TPSA) is 75.4 Å². The fraction of sp³-hybridized carbons (Fsp3) is 0.800. The molecule has 0 aromatic carbocycles. The molecule has 15 heavy (non-hydrogen) atoms. The first kappa shape index (κ1) is 13.9. The van der Waals surface area contributed by atoms with Crippen LogP contribution in [0.4, 0.5) is 0 Å². The molecule has 1 atom stereocenters. The molecule has 0 aliphatic rings. The maximum Gasteiger partial charge on any atom is 0.234 e. The zero-order valence-electron chi connectivity index (χ0n) is 9.75. The van der Waals surface area contributed by atoms with Crippen molar-refractivity contribution in [3.8, 4) is 0 Å². The number of rotatable bonds is 7. The predicted octanol–water partition coefficient (Wildman–Crippen LogP) is -0.292. The Bertz CT molecular complexity index is 219. The van der Waals surface area contributed by atoms with Crippen LogP contribution in [0.5, 0.6) is 0 Å². The van der Waals surface area contributed by atoms with Gasteiger partial charge >= 0.3 is 0 Å². The Morgan fingerprint density at radius 1 is 1.40 bits per heavy atom. The Hall–Kier alpha value is -1.10. The zero-order valence-corrected chi connectivity index (χ0v) is 9.75. The highest BCUT2D eigenvalue weighted by Crippen LogP contribution is 1.99. The second-order valence-corrected chi connectivity index (χ2v) is 3.59. The molecule has 0 heterocycles. The van der Waals surface area contributed by atoms with Crippen molar-refractivity contribution in [2.24, 2.45) is 5.73 Å². The molecule has 5 heteroatoms. The number of hydrogen-bond donors (Lipinski definition) is 2. The molecule has 0 aromatic heterocycles. The normalized spacial score (nSPS) is 12.5. The molecule has 1 unspecified atom stereocenters. The molecular formula is C10H21N3O2. The number of nitrogens with zero attached hydrogens (tertiary/aromatic N) is 1. The van der Waals surface area contributed by atoms with E-state index in [2.05, 4.69) is 5.32 Å². The fourth-order valence-corrected chi connectivity index (χ4v) is 1.39. The Balaban J connectivity index is 4.04. The lowest BCUT2D eigenvalue weighted by Gasteiger charge is -2.23. The molecule has 2 amide bonds. The summed E-state index contributed by atoms with van der Waals surface area (Å²) in [5.74, 6) is -0.456. The molecule has 88 valence electrons. The number of hydrogen-bond acceptors (Lipinski definition) is 3. The molecule has 0 spiro atoms. The van der Waals surface area contributed by atoms with E-state index in [1.54, 1.807) is 11.9 Å². The van der Waals surface area contributed by atoms with Gasteiger partial charge in [-0.15, -0.1) is 0 Å². The number of carbonyl (C=O) groups is 2. The summed E-state index contributed by atoms with van der Waals surface area (Å²) in [7, 11) is 1.73. The fourth-order valence-electron chi connectivity index (χ4n) is 1.39. The molecule has 5 nitrogen and oxygen atoms in total. The van der Waals surface area contributed by atoms with Crippen LogP contribution < -0.4 is 11.1 Å². The maximum atomic E-state index is 11.4. The van der Waals surface area contributed by atoms with Crippen LogP contribution >= 0.6 is 0 Å². The van der Waals surface area contributed by atoms with Crippen molar-refractivity contribution >= 4 is 11.8 Å². The van der Waals surface area contributed by atoms with Gasteiger partial charge in [-0.1, -0.05) is 13.8 Å². The van der Waals surface area contributed by atoms with E-state index < -0.39 is 0 Å². The minimum absolute atomic E-state index is 0.0703. The van der Waals surface area contributed by atoms with Crippen molar-refractivity contribution in [3.63, 3.8) is 0 Å². The molecule has 3 N–H and O–H groups in total. The predicted molar refractivity (Wildman–Crippen MR) is 59.2 cm³/mol. The van der Waals surface area contributed by atoms with E-state index in [9.17, 15) is 9.59 Å². The van der Waals surface area contributed by atoms with Gasteiger partial charge in [0.25, 0.3) is 0 Å². The van der Waals surface area contributed by atoms with Crippen LogP contribution in [0.25, 0.3) is 0 Å². The Labute approximate surface area is 91.0 Å². The third-order valence-corrected chi connectivity index (χ3v) is 2.21. The van der Waals surface area contributed by atoms with Gasteiger partial charge in [0.15, 0.2) is 0 Å². The van der Waals surface area contributed by atoms with Gasteiger partial charge in [0.1, 0.15) is 0 Å². The van der Waals surface area contributed by atoms with Gasteiger partial charge in [0.05, 0.1) is 12.6 Å². The highest BCUT2D eigenvalue weighted by atomic mass is 16.2. The summed E-state index contributed by atoms with van der Waals surface area (Å²) in [5.41, 5.74) is 5.21. The van der Waals surface area contributed by atoms with Crippen LogP contribution in [0.15, 0.2) is 0 Å². The van der Waals surface area contributed by atoms with Gasteiger partial charge < -0.3 is 11.1 Å². The van der Waals surface area contributed by atoms with Crippen molar-refractivity contribution in [3.05, 3.63) is 0 Å². The SMILES string of the molecule is CCCNC(=O)CN(C)C(CC)C(N)=O. The quantitative estimate of drug-likeness (QED) is 0.612. The Morgan fingerprint density at radius 3 is 2.40 bits per heavy atom. The lowest BCUT2D eigenvalue weighted by atomic mass is 10.2. The van der Waals surface area contributed by atoms with Crippen molar-refractivity contribution in [1.29, 1.82) is 0 Å². The third kappa shape index (κ3) is 5.37. The Kier molecular flexibility index (Phi) is 6.70. The largest absolute Gasteiger partial charge is 0.368 e. The van der Waals surface area contributed by atoms with Crippen LogP contribution in [0.3, 0.4) is 0 Å². The highest BCUT2D eigenvalue weighted by molar-refractivity contribution is 5.82. The van der Waals surface area contributed by atoms with Crippen LogP contribution in [0.1, 0.15) is 26.7 Å². The van der Waals surface area contributed by atoms with Gasteiger partial charge in [-0.05, 0) is 19.9 Å². The number of primary amides is 1. The van der Waals surface area contributed by atoms with E-state index in [1.807, 2.05) is 13.8 Å². The van der Waals surface area contributed by atoms with Gasteiger partial charge in [0.2, 0.25) is 11.8 Å². The standard InChI is InChI=1S/C10H21N3O2/c1-4-6-12-9(14)7-13(3)8(5-2)10(11)15/h8H,4-7H2,1-3H3,(H2,11,15)(H,12,14). The van der Waals surface area contributed by atoms with E-state index >= 15 is 0 Å². The molecule has 0 rings (SSSR count). The first-order valence-corrected chi connectivity index (χ1v) is 5.29. The number of nitrogens with one attached hydrogen (secondary N) is 1. The number of amides is 2. The van der Waals surface area contributed by atoms with Crippen LogP contribution in [0, 0.1) is 0 Å². The van der Waals surface area contributed by atoms with E-state index in [0.29, 0.717) is 13.0 Å². The lowest BCUT2D eigenvalue weighted by molar-refractivity contribution is -0.126. The monoisotopic (exact) mass is 215 g/mol. The molecule has 0 fully saturated rings. The third-order valence-electron chi connectivity index (χ3n) is 2.21. The second kappa shape index (κ2) is 7.23. The van der Waals surface area contributed by atoms with E-state index in [0.717, 1.165) is 6.42 Å². The molecule has 0 aliphatic heterocycles. The first-order chi connectivity index (χ1) is 7.02. The van der Waals surface area contributed by atoms with Crippen molar-refractivity contribution in [1.82, 2.24) is 10.2 Å². The first-order valence-electron chi connectivity index (χ1n) is 5.29. The zero-order chi connectivity index (χ0) is 11.8. The van der Waals surface area contributed by atoms with Crippen LogP contribution in [-0.2, 0) is 9.59 Å². The maximum absolute atomic E-state index is 11.4. The Morgan fingerprint density at radius 2 is 2.00 bits per heavy atom. The minimum atomic E-state index is -0.386. The summed E-state index contributed by atoms with van der Waals surface area (Å²) in [6.07, 6.45) is 1.52. The van der Waals surface area contributed by atoms with Crippen molar-refractivity contribution < 1.29 is 9.59 Å². The van der Waals surface area contributed by atoms with Gasteiger partial charge in [-0.2, -0.15) is 0 Å². The molecule has 0 radical (unpaired) electrons. The minimum Gasteiger partial charge on any atom is -0.368 e. The summed E-state index contributed by atoms with van der Waals surface area (Å²) in [5, 5.41) is 2.75. The number of likely N-dealkylation sites (N-methyl/N-ethyl adjacent to an activating group) is 1. The lowest BCUT2D eigenvalue weighted by Crippen LogP contribution is -2.46. The summed E-state index contributed by atoms with van der Waals surface area (Å²) in [6, 6.07) is -0.364. The second-order valence-electron chi connectivity index (χ2n) is 3.59. The van der Waals surface area contributed by atoms with E-state index in [1.165, 1.54) is 0 Å². The highest BCUT2D eigenvalue weighted by Gasteiger charge is 2.20. The van der Waals surface area contributed by atoms with Gasteiger partial charge in [0, 0.05) is 6.54 Å². The molecule has 0 saturated heterocycles. The summed E-state index contributed by atoms with van der Waals surface area (Å²) in [4.78, 5) is 24.0. The van der Waals surface area contributed by atoms with E-state index in [4.69, 9.17) is 5.73 Å². The van der Waals surface area contributed by atoms with Crippen LogP contribution in [-0.4, -0.2) is 42.9 Å². The molecular weight excluding hydrogens is 194 g/mol. The van der Waals surface area contributed by atoms with E-state index in [-0.39, 0.29) is 24.4 Å². The molecule has 0 bridgehead atoms. The summed E-state index contributed by atoms with van der Waals surface area (Å²) in [6.45, 7) is 4.74. The smallest absolute Gasteiger partial charge is 0.234 e.